The van der Waals surface area contributed by atoms with Crippen LogP contribution < -0.4 is 10.0 Å². The summed E-state index contributed by atoms with van der Waals surface area (Å²) in [6, 6.07) is 27.5. The first-order valence-electron chi connectivity index (χ1n) is 13.1. The second kappa shape index (κ2) is 12.3. The van der Waals surface area contributed by atoms with Crippen LogP contribution in [0.2, 0.25) is 0 Å². The van der Waals surface area contributed by atoms with E-state index in [1.54, 1.807) is 66.7 Å². The molecule has 0 bridgehead atoms. The normalized spacial score (nSPS) is 16.8. The fourth-order valence-electron chi connectivity index (χ4n) is 4.59. The highest BCUT2D eigenvalue weighted by Gasteiger charge is 2.43. The summed E-state index contributed by atoms with van der Waals surface area (Å²) >= 11 is 0. The Morgan fingerprint density at radius 3 is 1.65 bits per heavy atom. The minimum atomic E-state index is -4.17. The number of rotatable bonds is 9. The maximum Gasteiger partial charge on any atom is 0.261 e. The number of sulfonamides is 3. The van der Waals surface area contributed by atoms with Gasteiger partial charge in [0.05, 0.1) is 14.7 Å². The van der Waals surface area contributed by atoms with E-state index in [0.29, 0.717) is 5.69 Å². The van der Waals surface area contributed by atoms with Crippen LogP contribution >= 0.6 is 0 Å². The summed E-state index contributed by atoms with van der Waals surface area (Å²) in [5.74, 6) is -0.773. The lowest BCUT2D eigenvalue weighted by molar-refractivity contribution is -0.120. The average Bonchev–Trinajstić information content (AvgIpc) is 3.02. The second-order valence-electron chi connectivity index (χ2n) is 9.61. The van der Waals surface area contributed by atoms with Gasteiger partial charge < -0.3 is 5.32 Å². The van der Waals surface area contributed by atoms with Crippen LogP contribution in [-0.2, 0) is 34.9 Å². The van der Waals surface area contributed by atoms with Crippen molar-refractivity contribution >= 4 is 47.4 Å². The Hall–Kier alpha value is -4.08. The third-order valence-corrected chi connectivity index (χ3v) is 12.0. The lowest BCUT2D eigenvalue weighted by Gasteiger charge is -2.38. The van der Waals surface area contributed by atoms with E-state index in [9.17, 15) is 30.0 Å². The maximum absolute atomic E-state index is 13.6. The standard InChI is InChI=1S/C29H28N4O7S3/c34-29(30-23-16-18-25(19-17-23)41(35,36)31-24-10-4-1-5-11-24)28-22-32(42(37,38)26-12-6-2-7-13-26)20-21-33(28)43(39,40)27-14-8-3-9-15-27/h1-19,28,31H,20-22H2,(H,30,34)/t28-/m0/s1. The highest BCUT2D eigenvalue weighted by atomic mass is 32.2. The number of benzene rings is 4. The van der Waals surface area contributed by atoms with Gasteiger partial charge in [0.25, 0.3) is 10.0 Å². The van der Waals surface area contributed by atoms with Gasteiger partial charge in [-0.25, -0.2) is 25.3 Å². The Kier molecular flexibility index (Phi) is 8.66. The molecule has 0 aromatic heterocycles. The summed E-state index contributed by atoms with van der Waals surface area (Å²) in [7, 11) is -12.1. The van der Waals surface area contributed by atoms with Crippen molar-refractivity contribution in [1.82, 2.24) is 8.61 Å². The Bertz CT molecular complexity index is 1910. The first-order valence-corrected chi connectivity index (χ1v) is 17.5. The predicted octanol–water partition coefficient (Wildman–Crippen LogP) is 3.19. The summed E-state index contributed by atoms with van der Waals surface area (Å²) < 4.78 is 84.0. The van der Waals surface area contributed by atoms with E-state index in [-0.39, 0.29) is 33.5 Å². The zero-order valence-electron chi connectivity index (χ0n) is 22.6. The highest BCUT2D eigenvalue weighted by molar-refractivity contribution is 7.92. The smallest absolute Gasteiger partial charge is 0.261 e. The number of hydrogen-bond donors (Lipinski definition) is 2. The van der Waals surface area contributed by atoms with Gasteiger partial charge in [0.1, 0.15) is 6.04 Å². The number of para-hydroxylation sites is 1. The van der Waals surface area contributed by atoms with Gasteiger partial charge in [-0.15, -0.1) is 0 Å². The van der Waals surface area contributed by atoms with Crippen LogP contribution in [0.4, 0.5) is 11.4 Å². The van der Waals surface area contributed by atoms with Crippen LogP contribution in [0.3, 0.4) is 0 Å². The Morgan fingerprint density at radius 1 is 0.581 bits per heavy atom. The number of anilines is 2. The van der Waals surface area contributed by atoms with Crippen molar-refractivity contribution < 1.29 is 30.0 Å². The third-order valence-electron chi connectivity index (χ3n) is 6.79. The number of nitrogens with zero attached hydrogens (tertiary/aromatic N) is 2. The fraction of sp³-hybridized carbons (Fsp3) is 0.138. The molecule has 1 fully saturated rings. The van der Waals surface area contributed by atoms with Crippen molar-refractivity contribution in [3.8, 4) is 0 Å². The molecule has 1 heterocycles. The molecule has 5 rings (SSSR count). The number of nitrogens with one attached hydrogen (secondary N) is 2. The van der Waals surface area contributed by atoms with Crippen LogP contribution in [0, 0.1) is 0 Å². The fourth-order valence-corrected chi connectivity index (χ4v) is 8.70. The van der Waals surface area contributed by atoms with Gasteiger partial charge in [0, 0.05) is 31.0 Å². The second-order valence-corrected chi connectivity index (χ2v) is 15.1. The summed E-state index contributed by atoms with van der Waals surface area (Å²) in [6.45, 7) is -0.847. The number of piperazine rings is 1. The van der Waals surface area contributed by atoms with E-state index in [0.717, 1.165) is 8.61 Å². The van der Waals surface area contributed by atoms with Gasteiger partial charge in [-0.05, 0) is 60.7 Å². The topological polar surface area (TPSA) is 150 Å². The molecule has 43 heavy (non-hydrogen) atoms. The monoisotopic (exact) mass is 640 g/mol. The number of carbonyl (C=O) groups excluding carboxylic acids is 1. The largest absolute Gasteiger partial charge is 0.325 e. The molecule has 1 atom stereocenters. The van der Waals surface area contributed by atoms with Gasteiger partial charge in [-0.1, -0.05) is 54.6 Å². The lowest BCUT2D eigenvalue weighted by Crippen LogP contribution is -2.60. The van der Waals surface area contributed by atoms with Crippen LogP contribution in [0.5, 0.6) is 0 Å². The van der Waals surface area contributed by atoms with Crippen molar-refractivity contribution in [2.24, 2.45) is 0 Å². The zero-order valence-corrected chi connectivity index (χ0v) is 25.1. The molecule has 1 saturated heterocycles. The summed E-state index contributed by atoms with van der Waals surface area (Å²) in [5.41, 5.74) is 0.579. The molecule has 0 radical (unpaired) electrons. The van der Waals surface area contributed by atoms with E-state index >= 15 is 0 Å². The van der Waals surface area contributed by atoms with Crippen molar-refractivity contribution in [1.29, 1.82) is 0 Å². The average molecular weight is 641 g/mol. The lowest BCUT2D eigenvalue weighted by atomic mass is 10.2. The van der Waals surface area contributed by atoms with Gasteiger partial charge >= 0.3 is 0 Å². The quantitative estimate of drug-likeness (QED) is 0.285. The maximum atomic E-state index is 13.6. The van der Waals surface area contributed by atoms with Crippen molar-refractivity contribution in [3.05, 3.63) is 115 Å². The van der Waals surface area contributed by atoms with E-state index in [1.165, 1.54) is 48.5 Å². The molecule has 1 aliphatic rings. The van der Waals surface area contributed by atoms with E-state index in [4.69, 9.17) is 0 Å². The van der Waals surface area contributed by atoms with Crippen molar-refractivity contribution in [2.75, 3.05) is 29.7 Å². The number of amides is 1. The van der Waals surface area contributed by atoms with Gasteiger partial charge in [-0.3, -0.25) is 9.52 Å². The van der Waals surface area contributed by atoms with Crippen LogP contribution in [0.15, 0.2) is 130 Å². The zero-order chi connectivity index (χ0) is 30.7. The molecule has 4 aromatic carbocycles. The van der Waals surface area contributed by atoms with Crippen molar-refractivity contribution in [3.63, 3.8) is 0 Å². The number of carbonyl (C=O) groups is 1. The van der Waals surface area contributed by atoms with E-state index < -0.39 is 48.6 Å². The SMILES string of the molecule is O=C(Nc1ccc(S(=O)(=O)Nc2ccccc2)cc1)[C@@H]1CN(S(=O)(=O)c2ccccc2)CCN1S(=O)(=O)c1ccccc1. The molecule has 11 nitrogen and oxygen atoms in total. The molecule has 1 aliphatic heterocycles. The van der Waals surface area contributed by atoms with Crippen LogP contribution in [0.1, 0.15) is 0 Å². The molecule has 224 valence electrons. The predicted molar refractivity (Wildman–Crippen MR) is 162 cm³/mol. The number of hydrogen-bond acceptors (Lipinski definition) is 7. The van der Waals surface area contributed by atoms with Gasteiger partial charge in [0.2, 0.25) is 26.0 Å². The molecule has 0 unspecified atom stereocenters. The first-order chi connectivity index (χ1) is 20.5. The molecule has 1 amide bonds. The molecule has 4 aromatic rings. The summed E-state index contributed by atoms with van der Waals surface area (Å²) in [5, 5.41) is 2.62. The third kappa shape index (κ3) is 6.63. The molecule has 2 N–H and O–H groups in total. The van der Waals surface area contributed by atoms with Gasteiger partial charge in [-0.2, -0.15) is 8.61 Å². The van der Waals surface area contributed by atoms with Crippen LogP contribution in [-0.4, -0.2) is 65.4 Å². The summed E-state index contributed by atoms with van der Waals surface area (Å²) in [6.07, 6.45) is 0. The first kappa shape index (κ1) is 30.4. The summed E-state index contributed by atoms with van der Waals surface area (Å²) in [4.78, 5) is 13.6. The molecule has 14 heteroatoms. The minimum absolute atomic E-state index is 0.0226. The molecular formula is C29H28N4O7S3. The Morgan fingerprint density at radius 2 is 1.09 bits per heavy atom. The van der Waals surface area contributed by atoms with Crippen molar-refractivity contribution in [2.45, 2.75) is 20.7 Å². The minimum Gasteiger partial charge on any atom is -0.325 e. The molecular weight excluding hydrogens is 613 g/mol. The van der Waals surface area contributed by atoms with E-state index in [2.05, 4.69) is 10.0 Å². The highest BCUT2D eigenvalue weighted by Crippen LogP contribution is 2.26. The van der Waals surface area contributed by atoms with Crippen LogP contribution in [0.25, 0.3) is 0 Å². The van der Waals surface area contributed by atoms with Gasteiger partial charge in [0.15, 0.2) is 0 Å². The molecule has 0 saturated carbocycles. The Balaban J connectivity index is 1.40. The van der Waals surface area contributed by atoms with E-state index in [1.807, 2.05) is 0 Å². The molecule has 0 spiro atoms. The Labute approximate surface area is 250 Å². The molecule has 0 aliphatic carbocycles.